The Morgan fingerprint density at radius 2 is 1.94 bits per heavy atom. The van der Waals surface area contributed by atoms with Crippen LogP contribution in [0.5, 0.6) is 0 Å². The van der Waals surface area contributed by atoms with Crippen LogP contribution in [0.15, 0.2) is 12.4 Å². The number of aliphatic hydroxyl groups is 1. The molecule has 18 heavy (non-hydrogen) atoms. The zero-order valence-corrected chi connectivity index (χ0v) is 11.3. The van der Waals surface area contributed by atoms with Gasteiger partial charge in [-0.3, -0.25) is 0 Å². The fraction of sp³-hybridized carbons (Fsp3) is 0.714. The smallest absolute Gasteiger partial charge is 0.225 e. The fourth-order valence-corrected chi connectivity index (χ4v) is 2.51. The number of aryl methyl sites for hydroxylation is 1. The molecular formula is C14H23N3O. The van der Waals surface area contributed by atoms with E-state index in [-0.39, 0.29) is 6.10 Å². The normalized spacial score (nSPS) is 18.9. The minimum absolute atomic E-state index is 0.194. The maximum absolute atomic E-state index is 9.58. The third-order valence-electron chi connectivity index (χ3n) is 3.74. The molecule has 1 unspecified atom stereocenters. The number of rotatable bonds is 4. The molecule has 2 rings (SSSR count). The van der Waals surface area contributed by atoms with E-state index in [9.17, 15) is 5.11 Å². The topological polar surface area (TPSA) is 49.2 Å². The summed E-state index contributed by atoms with van der Waals surface area (Å²) in [6.45, 7) is 5.94. The van der Waals surface area contributed by atoms with Crippen LogP contribution in [0, 0.1) is 5.92 Å². The molecule has 1 aliphatic heterocycles. The van der Waals surface area contributed by atoms with Crippen molar-refractivity contribution in [2.75, 3.05) is 18.0 Å². The van der Waals surface area contributed by atoms with E-state index >= 15 is 0 Å². The number of anilines is 1. The first-order chi connectivity index (χ1) is 8.70. The second-order valence-electron chi connectivity index (χ2n) is 5.21. The molecule has 1 saturated heterocycles. The van der Waals surface area contributed by atoms with E-state index in [0.717, 1.165) is 44.7 Å². The van der Waals surface area contributed by atoms with Crippen molar-refractivity contribution in [2.24, 2.45) is 5.92 Å². The molecule has 1 aromatic heterocycles. The largest absolute Gasteiger partial charge is 0.393 e. The lowest BCUT2D eigenvalue weighted by Gasteiger charge is -2.33. The van der Waals surface area contributed by atoms with E-state index in [0.29, 0.717) is 5.92 Å². The second kappa shape index (κ2) is 6.14. The predicted molar refractivity (Wildman–Crippen MR) is 72.6 cm³/mol. The van der Waals surface area contributed by atoms with Crippen LogP contribution in [-0.2, 0) is 6.42 Å². The van der Waals surface area contributed by atoms with Gasteiger partial charge in [0.2, 0.25) is 5.95 Å². The monoisotopic (exact) mass is 249 g/mol. The average molecular weight is 249 g/mol. The van der Waals surface area contributed by atoms with Crippen LogP contribution >= 0.6 is 0 Å². The average Bonchev–Trinajstić information content (AvgIpc) is 2.40. The molecule has 1 aliphatic rings. The van der Waals surface area contributed by atoms with Gasteiger partial charge in [-0.25, -0.2) is 9.97 Å². The van der Waals surface area contributed by atoms with E-state index in [1.165, 1.54) is 5.56 Å². The standard InChI is InChI=1S/C14H23N3O/c1-3-4-12-9-15-14(16-10-12)17-7-5-13(6-8-17)11(2)18/h9-11,13,18H,3-8H2,1-2H3. The van der Waals surface area contributed by atoms with Gasteiger partial charge < -0.3 is 10.0 Å². The maximum atomic E-state index is 9.58. The van der Waals surface area contributed by atoms with Crippen molar-refractivity contribution in [1.82, 2.24) is 9.97 Å². The van der Waals surface area contributed by atoms with Gasteiger partial charge in [-0.1, -0.05) is 13.3 Å². The Hall–Kier alpha value is -1.16. The number of aliphatic hydroxyl groups excluding tert-OH is 1. The van der Waals surface area contributed by atoms with Crippen molar-refractivity contribution in [1.29, 1.82) is 0 Å². The molecule has 0 radical (unpaired) electrons. The number of nitrogens with zero attached hydrogens (tertiary/aromatic N) is 3. The second-order valence-corrected chi connectivity index (χ2v) is 5.21. The van der Waals surface area contributed by atoms with Gasteiger partial charge in [0.05, 0.1) is 6.10 Å². The molecule has 100 valence electrons. The lowest BCUT2D eigenvalue weighted by atomic mass is 9.92. The van der Waals surface area contributed by atoms with Crippen molar-refractivity contribution in [3.8, 4) is 0 Å². The molecule has 0 aromatic carbocycles. The first-order valence-electron chi connectivity index (χ1n) is 6.94. The summed E-state index contributed by atoms with van der Waals surface area (Å²) in [6, 6.07) is 0. The van der Waals surface area contributed by atoms with Crippen LogP contribution in [0.1, 0.15) is 38.7 Å². The van der Waals surface area contributed by atoms with Crippen molar-refractivity contribution in [3.05, 3.63) is 18.0 Å². The summed E-state index contributed by atoms with van der Waals surface area (Å²) in [4.78, 5) is 11.1. The van der Waals surface area contributed by atoms with E-state index in [4.69, 9.17) is 0 Å². The Morgan fingerprint density at radius 1 is 1.33 bits per heavy atom. The molecule has 0 bridgehead atoms. The van der Waals surface area contributed by atoms with E-state index in [1.54, 1.807) is 0 Å². The quantitative estimate of drug-likeness (QED) is 0.887. The van der Waals surface area contributed by atoms with E-state index in [1.807, 2.05) is 19.3 Å². The highest BCUT2D eigenvalue weighted by Gasteiger charge is 2.23. The third kappa shape index (κ3) is 3.19. The molecule has 1 N–H and O–H groups in total. The number of piperidine rings is 1. The zero-order valence-electron chi connectivity index (χ0n) is 11.3. The lowest BCUT2D eigenvalue weighted by molar-refractivity contribution is 0.109. The van der Waals surface area contributed by atoms with Crippen LogP contribution in [0.25, 0.3) is 0 Å². The highest BCUT2D eigenvalue weighted by atomic mass is 16.3. The van der Waals surface area contributed by atoms with Crippen LogP contribution in [0.4, 0.5) is 5.95 Å². The summed E-state index contributed by atoms with van der Waals surface area (Å²) in [6.07, 6.45) is 7.90. The molecule has 1 fully saturated rings. The van der Waals surface area contributed by atoms with Gasteiger partial charge >= 0.3 is 0 Å². The van der Waals surface area contributed by atoms with Crippen LogP contribution in [0.2, 0.25) is 0 Å². The first-order valence-corrected chi connectivity index (χ1v) is 6.94. The van der Waals surface area contributed by atoms with Gasteiger partial charge in [-0.05, 0) is 37.7 Å². The summed E-state index contributed by atoms with van der Waals surface area (Å²) >= 11 is 0. The first kappa shape index (κ1) is 13.3. The molecule has 0 aliphatic carbocycles. The Kier molecular flexibility index (Phi) is 4.53. The molecule has 2 heterocycles. The molecule has 1 atom stereocenters. The fourth-order valence-electron chi connectivity index (χ4n) is 2.51. The predicted octanol–water partition coefficient (Wildman–Crippen LogP) is 2.03. The Bertz CT molecular complexity index is 356. The van der Waals surface area contributed by atoms with Crippen LogP contribution in [0.3, 0.4) is 0 Å². The number of hydrogen-bond acceptors (Lipinski definition) is 4. The maximum Gasteiger partial charge on any atom is 0.225 e. The van der Waals surface area contributed by atoms with Crippen molar-refractivity contribution in [3.63, 3.8) is 0 Å². The molecule has 4 nitrogen and oxygen atoms in total. The summed E-state index contributed by atoms with van der Waals surface area (Å²) in [5.74, 6) is 1.26. The Labute approximate surface area is 109 Å². The summed E-state index contributed by atoms with van der Waals surface area (Å²) < 4.78 is 0. The minimum Gasteiger partial charge on any atom is -0.393 e. The molecule has 0 amide bonds. The van der Waals surface area contributed by atoms with Gasteiger partial charge in [0.15, 0.2) is 0 Å². The minimum atomic E-state index is -0.194. The van der Waals surface area contributed by atoms with Gasteiger partial charge in [-0.2, -0.15) is 0 Å². The van der Waals surface area contributed by atoms with E-state index < -0.39 is 0 Å². The molecule has 0 spiro atoms. The molecule has 1 aromatic rings. The van der Waals surface area contributed by atoms with Crippen molar-refractivity contribution < 1.29 is 5.11 Å². The summed E-state index contributed by atoms with van der Waals surface area (Å²) in [7, 11) is 0. The van der Waals surface area contributed by atoms with E-state index in [2.05, 4.69) is 21.8 Å². The SMILES string of the molecule is CCCc1cnc(N2CCC(C(C)O)CC2)nc1. The third-order valence-corrected chi connectivity index (χ3v) is 3.74. The number of hydrogen-bond donors (Lipinski definition) is 1. The van der Waals surface area contributed by atoms with Crippen molar-refractivity contribution in [2.45, 2.75) is 45.6 Å². The zero-order chi connectivity index (χ0) is 13.0. The lowest BCUT2D eigenvalue weighted by Crippen LogP contribution is -2.37. The summed E-state index contributed by atoms with van der Waals surface area (Å²) in [5.41, 5.74) is 1.21. The Balaban J connectivity index is 1.93. The van der Waals surface area contributed by atoms with Gasteiger partial charge in [0.1, 0.15) is 0 Å². The van der Waals surface area contributed by atoms with Crippen LogP contribution in [-0.4, -0.2) is 34.3 Å². The molecular weight excluding hydrogens is 226 g/mol. The highest BCUT2D eigenvalue weighted by molar-refractivity contribution is 5.30. The van der Waals surface area contributed by atoms with Crippen molar-refractivity contribution >= 4 is 5.95 Å². The van der Waals surface area contributed by atoms with Crippen LogP contribution < -0.4 is 4.90 Å². The van der Waals surface area contributed by atoms with Gasteiger partial charge in [0, 0.05) is 25.5 Å². The highest BCUT2D eigenvalue weighted by Crippen LogP contribution is 2.22. The summed E-state index contributed by atoms with van der Waals surface area (Å²) in [5, 5.41) is 9.58. The molecule has 0 saturated carbocycles. The van der Waals surface area contributed by atoms with Gasteiger partial charge in [0.25, 0.3) is 0 Å². The molecule has 4 heteroatoms. The Morgan fingerprint density at radius 3 is 2.44 bits per heavy atom. The number of aromatic nitrogens is 2. The van der Waals surface area contributed by atoms with Gasteiger partial charge in [-0.15, -0.1) is 0 Å².